The van der Waals surface area contributed by atoms with E-state index in [1.165, 1.54) is 10.4 Å². The van der Waals surface area contributed by atoms with Gasteiger partial charge in [-0.1, -0.05) is 26.3 Å². The van der Waals surface area contributed by atoms with E-state index < -0.39 is 10.0 Å². The lowest BCUT2D eigenvalue weighted by molar-refractivity contribution is 0.0532. The van der Waals surface area contributed by atoms with Gasteiger partial charge in [0.15, 0.2) is 0 Å². The van der Waals surface area contributed by atoms with E-state index in [2.05, 4.69) is 13.8 Å². The van der Waals surface area contributed by atoms with Crippen LogP contribution in [0.25, 0.3) is 0 Å². The Hall–Kier alpha value is -1.44. The fraction of sp³-hybridized carbons (Fsp3) is 0.632. The van der Waals surface area contributed by atoms with Crippen molar-refractivity contribution < 1.29 is 13.2 Å². The molecule has 1 unspecified atom stereocenters. The van der Waals surface area contributed by atoms with Crippen molar-refractivity contribution in [3.63, 3.8) is 0 Å². The van der Waals surface area contributed by atoms with E-state index >= 15 is 0 Å². The Labute approximate surface area is 156 Å². The first kappa shape index (κ1) is 19.3. The number of likely N-dealkylation sites (tertiary alicyclic amines) is 1. The Bertz CT molecular complexity index is 770. The van der Waals surface area contributed by atoms with Crippen LogP contribution in [-0.4, -0.2) is 55.8 Å². The lowest BCUT2D eigenvalue weighted by Crippen LogP contribution is -2.54. The highest BCUT2D eigenvalue weighted by Crippen LogP contribution is 2.29. The number of carbonyl (C=O) groups is 1. The van der Waals surface area contributed by atoms with Crippen LogP contribution >= 0.6 is 0 Å². The Morgan fingerprint density at radius 1 is 1.15 bits per heavy atom. The lowest BCUT2D eigenvalue weighted by Gasteiger charge is -2.42. The number of sulfonamides is 1. The van der Waals surface area contributed by atoms with Crippen LogP contribution in [-0.2, 0) is 10.0 Å². The third-order valence-corrected chi connectivity index (χ3v) is 7.53. The van der Waals surface area contributed by atoms with Gasteiger partial charge in [0.05, 0.1) is 4.90 Å². The summed E-state index contributed by atoms with van der Waals surface area (Å²) in [6.45, 7) is 6.42. The van der Waals surface area contributed by atoms with Gasteiger partial charge in [0.2, 0.25) is 10.0 Å². The first-order chi connectivity index (χ1) is 12.2. The number of hydrogen-bond acceptors (Lipinski definition) is 4. The summed E-state index contributed by atoms with van der Waals surface area (Å²) in [7, 11) is -3.54. The molecule has 0 spiro atoms. The van der Waals surface area contributed by atoms with Crippen LogP contribution in [0.15, 0.2) is 29.2 Å². The van der Waals surface area contributed by atoms with Crippen LogP contribution in [0.1, 0.15) is 49.9 Å². The molecule has 0 bridgehead atoms. The average molecular weight is 380 g/mol. The molecule has 6 nitrogen and oxygen atoms in total. The maximum Gasteiger partial charge on any atom is 0.253 e. The van der Waals surface area contributed by atoms with Crippen LogP contribution in [0, 0.1) is 5.41 Å². The largest absolute Gasteiger partial charge is 0.338 e. The van der Waals surface area contributed by atoms with Gasteiger partial charge >= 0.3 is 0 Å². The molecule has 1 amide bonds. The molecule has 1 aromatic carbocycles. The molecule has 7 heteroatoms. The monoisotopic (exact) mass is 379 g/mol. The normalized spacial score (nSPS) is 24.4. The van der Waals surface area contributed by atoms with E-state index in [4.69, 9.17) is 5.73 Å². The Balaban J connectivity index is 1.82. The van der Waals surface area contributed by atoms with Gasteiger partial charge in [0.25, 0.3) is 5.91 Å². The second kappa shape index (κ2) is 7.29. The van der Waals surface area contributed by atoms with E-state index in [1.807, 2.05) is 0 Å². The first-order valence-corrected chi connectivity index (χ1v) is 10.8. The van der Waals surface area contributed by atoms with Crippen LogP contribution in [0.5, 0.6) is 0 Å². The van der Waals surface area contributed by atoms with Crippen molar-refractivity contribution in [2.24, 2.45) is 11.1 Å². The lowest BCUT2D eigenvalue weighted by atomic mass is 9.79. The number of piperidine rings is 2. The Kier molecular flexibility index (Phi) is 5.42. The Morgan fingerprint density at radius 2 is 1.85 bits per heavy atom. The molecular weight excluding hydrogens is 350 g/mol. The summed E-state index contributed by atoms with van der Waals surface area (Å²) in [5, 5.41) is 0. The second-order valence-corrected chi connectivity index (χ2v) is 10.0. The third-order valence-electron chi connectivity index (χ3n) is 5.63. The van der Waals surface area contributed by atoms with Gasteiger partial charge in [-0.25, -0.2) is 8.42 Å². The van der Waals surface area contributed by atoms with Crippen molar-refractivity contribution in [1.82, 2.24) is 9.21 Å². The molecular formula is C19H29N3O3S. The van der Waals surface area contributed by atoms with Crippen molar-refractivity contribution in [3.8, 4) is 0 Å². The number of amides is 1. The van der Waals surface area contributed by atoms with Crippen molar-refractivity contribution >= 4 is 15.9 Å². The molecule has 3 rings (SSSR count). The second-order valence-electron chi connectivity index (χ2n) is 8.10. The van der Waals surface area contributed by atoms with Gasteiger partial charge in [-0.3, -0.25) is 4.79 Å². The number of nitrogens with two attached hydrogens (primary N) is 1. The molecule has 2 fully saturated rings. The topological polar surface area (TPSA) is 83.7 Å². The molecule has 0 aromatic heterocycles. The molecule has 2 saturated heterocycles. The molecule has 26 heavy (non-hydrogen) atoms. The van der Waals surface area contributed by atoms with Crippen molar-refractivity contribution in [1.29, 1.82) is 0 Å². The van der Waals surface area contributed by atoms with Crippen LogP contribution in [0.2, 0.25) is 0 Å². The molecule has 2 aliphatic heterocycles. The highest BCUT2D eigenvalue weighted by Gasteiger charge is 2.36. The summed E-state index contributed by atoms with van der Waals surface area (Å²) in [5.74, 6) is -0.124. The summed E-state index contributed by atoms with van der Waals surface area (Å²) in [6, 6.07) is 6.52. The SMILES string of the molecule is CC1(C)CN(C(=O)c2cccc(S(=O)(=O)N3CCCCC3)c2)CCC1N. The van der Waals surface area contributed by atoms with Crippen molar-refractivity contribution in [2.45, 2.75) is 50.5 Å². The Morgan fingerprint density at radius 3 is 2.50 bits per heavy atom. The average Bonchev–Trinajstić information content (AvgIpc) is 2.64. The fourth-order valence-electron chi connectivity index (χ4n) is 3.77. The smallest absolute Gasteiger partial charge is 0.253 e. The highest BCUT2D eigenvalue weighted by atomic mass is 32.2. The summed E-state index contributed by atoms with van der Waals surface area (Å²) in [5.41, 5.74) is 6.43. The minimum absolute atomic E-state index is 0.0670. The number of hydrogen-bond donors (Lipinski definition) is 1. The molecule has 0 aliphatic carbocycles. The fourth-order valence-corrected chi connectivity index (χ4v) is 5.34. The maximum absolute atomic E-state index is 12.9. The maximum atomic E-state index is 12.9. The zero-order chi connectivity index (χ0) is 18.9. The molecule has 1 aromatic rings. The van der Waals surface area contributed by atoms with Crippen LogP contribution in [0.4, 0.5) is 0 Å². The van der Waals surface area contributed by atoms with Crippen LogP contribution in [0.3, 0.4) is 0 Å². The van der Waals surface area contributed by atoms with E-state index in [1.54, 1.807) is 23.1 Å². The molecule has 2 aliphatic rings. The molecule has 1 atom stereocenters. The minimum atomic E-state index is -3.54. The van der Waals surface area contributed by atoms with Crippen molar-refractivity contribution in [2.75, 3.05) is 26.2 Å². The third kappa shape index (κ3) is 3.80. The standard InChI is InChI=1S/C19H29N3O3S/c1-19(2)14-21(12-9-17(19)20)18(23)15-7-6-8-16(13-15)26(24,25)22-10-4-3-5-11-22/h6-8,13,17H,3-5,9-12,14,20H2,1-2H3. The number of benzene rings is 1. The van der Waals surface area contributed by atoms with Gasteiger partial charge in [-0.15, -0.1) is 0 Å². The highest BCUT2D eigenvalue weighted by molar-refractivity contribution is 7.89. The van der Waals surface area contributed by atoms with Gasteiger partial charge in [-0.05, 0) is 42.9 Å². The predicted octanol–water partition coefficient (Wildman–Crippen LogP) is 2.06. The van der Waals surface area contributed by atoms with E-state index in [-0.39, 0.29) is 22.3 Å². The van der Waals surface area contributed by atoms with Gasteiger partial charge < -0.3 is 10.6 Å². The summed E-state index contributed by atoms with van der Waals surface area (Å²) in [4.78, 5) is 14.9. The molecule has 0 saturated carbocycles. The van der Waals surface area contributed by atoms with Gasteiger partial charge in [0.1, 0.15) is 0 Å². The quantitative estimate of drug-likeness (QED) is 0.871. The molecule has 0 radical (unpaired) electrons. The molecule has 144 valence electrons. The number of rotatable bonds is 3. The van der Waals surface area contributed by atoms with E-state index in [9.17, 15) is 13.2 Å². The minimum Gasteiger partial charge on any atom is -0.338 e. The van der Waals surface area contributed by atoms with Crippen molar-refractivity contribution in [3.05, 3.63) is 29.8 Å². The zero-order valence-electron chi connectivity index (χ0n) is 15.6. The van der Waals surface area contributed by atoms with Crippen LogP contribution < -0.4 is 5.73 Å². The van der Waals surface area contributed by atoms with E-state index in [0.29, 0.717) is 31.7 Å². The summed E-state index contributed by atoms with van der Waals surface area (Å²) in [6.07, 6.45) is 3.60. The molecule has 2 N–H and O–H groups in total. The number of carbonyl (C=O) groups excluding carboxylic acids is 1. The summed E-state index contributed by atoms with van der Waals surface area (Å²) < 4.78 is 27.3. The van der Waals surface area contributed by atoms with E-state index in [0.717, 1.165) is 25.7 Å². The predicted molar refractivity (Wildman–Crippen MR) is 101 cm³/mol. The van der Waals surface area contributed by atoms with Gasteiger partial charge in [0, 0.05) is 37.8 Å². The summed E-state index contributed by atoms with van der Waals surface area (Å²) >= 11 is 0. The first-order valence-electron chi connectivity index (χ1n) is 9.37. The van der Waals surface area contributed by atoms with Gasteiger partial charge in [-0.2, -0.15) is 4.31 Å². The molecule has 2 heterocycles. The zero-order valence-corrected chi connectivity index (χ0v) is 16.5. The number of nitrogens with zero attached hydrogens (tertiary/aromatic N) is 2.